The molecule has 0 saturated carbocycles. The Bertz CT molecular complexity index is 530. The van der Waals surface area contributed by atoms with Crippen molar-refractivity contribution < 1.29 is 22.6 Å². The van der Waals surface area contributed by atoms with E-state index in [0.29, 0.717) is 11.0 Å². The molecule has 0 saturated heterocycles. The van der Waals surface area contributed by atoms with Crippen LogP contribution in [-0.4, -0.2) is 24.8 Å². The molecule has 8 heteroatoms. The largest absolute Gasteiger partial charge is 0.366 e. The van der Waals surface area contributed by atoms with Gasteiger partial charge in [-0.2, -0.15) is 8.42 Å². The van der Waals surface area contributed by atoms with Crippen molar-refractivity contribution in [2.75, 3.05) is 0 Å². The second-order valence-electron chi connectivity index (χ2n) is 3.25. The molecule has 0 aliphatic heterocycles. The quantitative estimate of drug-likeness (QED) is 0.390. The van der Waals surface area contributed by atoms with Crippen molar-refractivity contribution >= 4 is 21.9 Å². The lowest BCUT2D eigenvalue weighted by atomic mass is 10.3. The second-order valence-corrected chi connectivity index (χ2v) is 4.55. The normalized spacial score (nSPS) is 11.8. The van der Waals surface area contributed by atoms with Crippen molar-refractivity contribution in [2.24, 2.45) is 5.73 Å². The Kier molecular flexibility index (Phi) is 10.8. The number of rotatable bonds is 5. The minimum absolute atomic E-state index is 0.345. The molecule has 0 rings (SSSR count). The zero-order chi connectivity index (χ0) is 16.2. The topological polar surface area (TPSA) is 127 Å². The molecule has 0 aromatic heterocycles. The van der Waals surface area contributed by atoms with E-state index in [1.54, 1.807) is 19.9 Å². The summed E-state index contributed by atoms with van der Waals surface area (Å²) < 4.78 is 28.5. The van der Waals surface area contributed by atoms with Gasteiger partial charge in [0.2, 0.25) is 11.8 Å². The maximum atomic E-state index is 10.5. The highest BCUT2D eigenvalue weighted by atomic mass is 32.2. The summed E-state index contributed by atoms with van der Waals surface area (Å²) in [7, 11) is -4.10. The van der Waals surface area contributed by atoms with Gasteiger partial charge in [0.1, 0.15) is 0 Å². The molecule has 2 amide bonds. The molecule has 20 heavy (non-hydrogen) atoms. The minimum atomic E-state index is -4.10. The fourth-order valence-electron chi connectivity index (χ4n) is 0.532. The minimum Gasteiger partial charge on any atom is -0.366 e. The van der Waals surface area contributed by atoms with Crippen LogP contribution in [0.2, 0.25) is 0 Å². The maximum Gasteiger partial charge on any atom is 0.287 e. The Morgan fingerprint density at radius 1 is 1.30 bits per heavy atom. The molecule has 0 radical (unpaired) electrons. The Morgan fingerprint density at radius 3 is 2.15 bits per heavy atom. The van der Waals surface area contributed by atoms with Crippen LogP contribution in [0.5, 0.6) is 0 Å². The van der Waals surface area contributed by atoms with Crippen LogP contribution in [0.25, 0.3) is 0 Å². The van der Waals surface area contributed by atoms with Crippen molar-refractivity contribution in [1.82, 2.24) is 5.32 Å². The molecule has 7 nitrogen and oxygen atoms in total. The van der Waals surface area contributed by atoms with Crippen LogP contribution in [0, 0.1) is 0 Å². The van der Waals surface area contributed by atoms with E-state index in [-0.39, 0.29) is 5.91 Å². The summed E-state index contributed by atoms with van der Waals surface area (Å²) in [5.74, 6) is -0.751. The van der Waals surface area contributed by atoms with Crippen LogP contribution in [-0.2, 0) is 19.7 Å². The van der Waals surface area contributed by atoms with E-state index in [1.807, 2.05) is 0 Å². The summed E-state index contributed by atoms with van der Waals surface area (Å²) in [6.45, 7) is 6.66. The first-order valence-electron chi connectivity index (χ1n) is 5.30. The number of hydrogen-bond donors (Lipinski definition) is 3. The van der Waals surface area contributed by atoms with E-state index in [0.717, 1.165) is 12.2 Å². The summed E-state index contributed by atoms with van der Waals surface area (Å²) in [5, 5.41) is 2.84. The number of carbonyl (C=O) groups is 2. The third kappa shape index (κ3) is 15.8. The van der Waals surface area contributed by atoms with Gasteiger partial charge >= 0.3 is 0 Å². The first-order chi connectivity index (χ1) is 9.14. The smallest absolute Gasteiger partial charge is 0.287 e. The highest BCUT2D eigenvalue weighted by molar-refractivity contribution is 7.88. The van der Waals surface area contributed by atoms with Gasteiger partial charge in [-0.1, -0.05) is 12.7 Å². The molecular weight excluding hydrogens is 284 g/mol. The molecule has 0 aromatic carbocycles. The summed E-state index contributed by atoms with van der Waals surface area (Å²) in [5.41, 5.74) is 5.45. The zero-order valence-corrected chi connectivity index (χ0v) is 12.1. The van der Waals surface area contributed by atoms with E-state index in [1.165, 1.54) is 12.3 Å². The molecular formula is C12H18N2O5S. The van der Waals surface area contributed by atoms with Crippen molar-refractivity contribution in [3.63, 3.8) is 0 Å². The fourth-order valence-corrected chi connectivity index (χ4v) is 0.821. The highest BCUT2D eigenvalue weighted by Crippen LogP contribution is 1.86. The molecule has 0 bridgehead atoms. The summed E-state index contributed by atoms with van der Waals surface area (Å²) in [6.07, 6.45) is 6.28. The van der Waals surface area contributed by atoms with Crippen molar-refractivity contribution in [3.05, 3.63) is 48.1 Å². The molecule has 0 aliphatic carbocycles. The lowest BCUT2D eigenvalue weighted by molar-refractivity contribution is -0.116. The monoisotopic (exact) mass is 302 g/mol. The molecule has 112 valence electrons. The van der Waals surface area contributed by atoms with Gasteiger partial charge in [0.15, 0.2) is 0 Å². The number of carbonyl (C=O) groups excluding carboxylic acids is 2. The van der Waals surface area contributed by atoms with Gasteiger partial charge in [0, 0.05) is 11.8 Å². The van der Waals surface area contributed by atoms with Crippen LogP contribution in [0.3, 0.4) is 0 Å². The summed E-state index contributed by atoms with van der Waals surface area (Å²) in [6, 6.07) is 0. The molecule has 0 aromatic rings. The number of hydrogen-bond acceptors (Lipinski definition) is 4. The zero-order valence-electron chi connectivity index (χ0n) is 11.2. The molecule has 0 unspecified atom stereocenters. The lowest BCUT2D eigenvalue weighted by Gasteiger charge is -1.88. The lowest BCUT2D eigenvalue weighted by Crippen LogP contribution is -2.12. The number of amides is 2. The molecule has 0 aliphatic rings. The Balaban J connectivity index is 0. The molecule has 4 N–H and O–H groups in total. The molecule has 0 fully saturated rings. The predicted octanol–water partition coefficient (Wildman–Crippen LogP) is 0.642. The van der Waals surface area contributed by atoms with Gasteiger partial charge < -0.3 is 11.1 Å². The van der Waals surface area contributed by atoms with Gasteiger partial charge in [-0.05, 0) is 32.1 Å². The van der Waals surface area contributed by atoms with E-state index >= 15 is 0 Å². The van der Waals surface area contributed by atoms with Gasteiger partial charge in [-0.3, -0.25) is 14.1 Å². The van der Waals surface area contributed by atoms with Gasteiger partial charge in [-0.15, -0.1) is 0 Å². The predicted molar refractivity (Wildman–Crippen MR) is 76.8 cm³/mol. The van der Waals surface area contributed by atoms with E-state index in [4.69, 9.17) is 10.3 Å². The van der Waals surface area contributed by atoms with Gasteiger partial charge in [0.05, 0.1) is 5.41 Å². The van der Waals surface area contributed by atoms with Crippen LogP contribution >= 0.6 is 0 Å². The van der Waals surface area contributed by atoms with Crippen LogP contribution in [0.1, 0.15) is 13.8 Å². The van der Waals surface area contributed by atoms with E-state index in [2.05, 4.69) is 11.9 Å². The first kappa shape index (κ1) is 20.1. The van der Waals surface area contributed by atoms with Crippen LogP contribution in [0.4, 0.5) is 0 Å². The molecule has 0 atom stereocenters. The number of primary amides is 1. The third-order valence-electron chi connectivity index (χ3n) is 1.69. The summed E-state index contributed by atoms with van der Waals surface area (Å²) in [4.78, 5) is 20.6. The SMILES string of the molecule is C=CC(=O)NC=CC=CS(=O)(=O)O.CC=C(C)C(N)=O. The highest BCUT2D eigenvalue weighted by Gasteiger charge is 1.92. The Morgan fingerprint density at radius 2 is 1.85 bits per heavy atom. The van der Waals surface area contributed by atoms with E-state index in [9.17, 15) is 18.0 Å². The summed E-state index contributed by atoms with van der Waals surface area (Å²) >= 11 is 0. The number of allylic oxidation sites excluding steroid dienone is 3. The van der Waals surface area contributed by atoms with Gasteiger partial charge in [-0.25, -0.2) is 0 Å². The Hall–Kier alpha value is -2.19. The van der Waals surface area contributed by atoms with Crippen molar-refractivity contribution in [3.8, 4) is 0 Å². The van der Waals surface area contributed by atoms with Gasteiger partial charge in [0.25, 0.3) is 10.1 Å². The van der Waals surface area contributed by atoms with E-state index < -0.39 is 16.0 Å². The average molecular weight is 302 g/mol. The van der Waals surface area contributed by atoms with Crippen molar-refractivity contribution in [2.45, 2.75) is 13.8 Å². The second kappa shape index (κ2) is 10.7. The molecule has 0 heterocycles. The number of nitrogens with one attached hydrogen (secondary N) is 1. The molecule has 0 spiro atoms. The average Bonchev–Trinajstić information content (AvgIpc) is 2.36. The standard InChI is InChI=1S/C7H9NO4S.C5H9NO/c1-2-7(9)8-5-3-4-6-13(10,11)12;1-3-4(2)5(6)7/h2-6H,1H2,(H,8,9)(H,10,11,12);3H,1-2H3,(H2,6,7). The third-order valence-corrected chi connectivity index (χ3v) is 2.19. The fraction of sp³-hybridized carbons (Fsp3) is 0.167. The first-order valence-corrected chi connectivity index (χ1v) is 6.80. The van der Waals surface area contributed by atoms with Crippen molar-refractivity contribution in [1.29, 1.82) is 0 Å². The number of nitrogens with two attached hydrogens (primary N) is 1. The Labute approximate surface area is 118 Å². The van der Waals surface area contributed by atoms with Crippen LogP contribution in [0.15, 0.2) is 48.1 Å². The van der Waals surface area contributed by atoms with Crippen LogP contribution < -0.4 is 11.1 Å². The maximum absolute atomic E-state index is 10.5.